The van der Waals surface area contributed by atoms with Gasteiger partial charge in [0.25, 0.3) is 0 Å². The van der Waals surface area contributed by atoms with Crippen molar-refractivity contribution in [2.45, 2.75) is 44.9 Å². The monoisotopic (exact) mass is 262 g/mol. The van der Waals surface area contributed by atoms with E-state index in [-0.39, 0.29) is 0 Å². The zero-order valence-electron chi connectivity index (χ0n) is 11.2. The van der Waals surface area contributed by atoms with Crippen LogP contribution in [0.1, 0.15) is 44.9 Å². The molecule has 1 aliphatic rings. The van der Waals surface area contributed by atoms with E-state index in [0.29, 0.717) is 12.3 Å². The molecule has 1 aliphatic carbocycles. The minimum Gasteiger partial charge on any atom is -0.411 e. The van der Waals surface area contributed by atoms with E-state index in [1.54, 1.807) is 0 Å². The highest BCUT2D eigenvalue weighted by molar-refractivity contribution is 5.88. The van der Waals surface area contributed by atoms with Crippen molar-refractivity contribution >= 4 is 12.4 Å². The van der Waals surface area contributed by atoms with E-state index < -0.39 is 5.41 Å². The van der Waals surface area contributed by atoms with Crippen LogP contribution >= 0.6 is 0 Å². The number of oxime groups is 2. The molecule has 0 fully saturated rings. The number of allylic oxidation sites excluding steroid dienone is 2. The van der Waals surface area contributed by atoms with Crippen LogP contribution in [0.4, 0.5) is 0 Å². The molecule has 0 aromatic heterocycles. The summed E-state index contributed by atoms with van der Waals surface area (Å²) in [6, 6.07) is 0. The topological polar surface area (TPSA) is 65.2 Å². The van der Waals surface area contributed by atoms with Crippen LogP contribution < -0.4 is 0 Å². The maximum absolute atomic E-state index is 8.88. The Balaban J connectivity index is 2.78. The van der Waals surface area contributed by atoms with Gasteiger partial charge in [-0.1, -0.05) is 12.2 Å². The van der Waals surface area contributed by atoms with Crippen LogP contribution in [-0.2, 0) is 0 Å². The molecule has 1 rings (SSSR count). The molecule has 0 spiro atoms. The standard InChI is InChI=1S/C15H22N2O2/c1-2-3-7-10-15(12-16-18,13-17-19)11-14-8-5-4-6-9-14/h1,5,8,12-14,18-19H,3-4,6-7,9-11H2/b16-12-,17-13+/t14-,15?/m1/s1. The van der Waals surface area contributed by atoms with Crippen molar-refractivity contribution in [3.63, 3.8) is 0 Å². The molecule has 4 heteroatoms. The van der Waals surface area contributed by atoms with Crippen molar-refractivity contribution in [3.8, 4) is 12.3 Å². The number of terminal acetylenes is 1. The van der Waals surface area contributed by atoms with Gasteiger partial charge in [-0.2, -0.15) is 0 Å². The molecule has 19 heavy (non-hydrogen) atoms. The molecule has 0 aliphatic heterocycles. The molecule has 0 aromatic rings. The second kappa shape index (κ2) is 8.36. The summed E-state index contributed by atoms with van der Waals surface area (Å²) in [6.07, 6.45) is 19.0. The fourth-order valence-electron chi connectivity index (χ4n) is 2.66. The van der Waals surface area contributed by atoms with Gasteiger partial charge in [0.05, 0.1) is 12.4 Å². The van der Waals surface area contributed by atoms with E-state index >= 15 is 0 Å². The second-order valence-electron chi connectivity index (χ2n) is 5.10. The highest BCUT2D eigenvalue weighted by Crippen LogP contribution is 2.33. The number of nitrogens with zero attached hydrogens (tertiary/aromatic N) is 2. The molecule has 1 unspecified atom stereocenters. The lowest BCUT2D eigenvalue weighted by atomic mass is 9.75. The Kier molecular flexibility index (Phi) is 6.73. The van der Waals surface area contributed by atoms with E-state index in [2.05, 4.69) is 28.4 Å². The van der Waals surface area contributed by atoms with Crippen LogP contribution in [-0.4, -0.2) is 22.8 Å². The summed E-state index contributed by atoms with van der Waals surface area (Å²) < 4.78 is 0. The molecule has 0 amide bonds. The average molecular weight is 262 g/mol. The van der Waals surface area contributed by atoms with Gasteiger partial charge in [-0.15, -0.1) is 22.7 Å². The van der Waals surface area contributed by atoms with Gasteiger partial charge in [0, 0.05) is 11.8 Å². The predicted molar refractivity (Wildman–Crippen MR) is 76.8 cm³/mol. The minimum absolute atomic E-state index is 0.426. The third-order valence-electron chi connectivity index (χ3n) is 3.59. The summed E-state index contributed by atoms with van der Waals surface area (Å²) in [5.41, 5.74) is -0.521. The number of hydrogen-bond donors (Lipinski definition) is 2. The van der Waals surface area contributed by atoms with Crippen molar-refractivity contribution < 1.29 is 10.4 Å². The first kappa shape index (κ1) is 15.3. The lowest BCUT2D eigenvalue weighted by Gasteiger charge is -2.29. The Hall–Kier alpha value is -1.76. The van der Waals surface area contributed by atoms with Gasteiger partial charge >= 0.3 is 0 Å². The third kappa shape index (κ3) is 5.17. The molecule has 0 aromatic carbocycles. The maximum Gasteiger partial charge on any atom is 0.0552 e. The fraction of sp³-hybridized carbons (Fsp3) is 0.600. The molecule has 0 radical (unpaired) electrons. The smallest absolute Gasteiger partial charge is 0.0552 e. The highest BCUT2D eigenvalue weighted by Gasteiger charge is 2.30. The largest absolute Gasteiger partial charge is 0.411 e. The van der Waals surface area contributed by atoms with Crippen LogP contribution in [0.5, 0.6) is 0 Å². The molecular weight excluding hydrogens is 240 g/mol. The zero-order valence-corrected chi connectivity index (χ0v) is 11.2. The van der Waals surface area contributed by atoms with E-state index in [9.17, 15) is 0 Å². The summed E-state index contributed by atoms with van der Waals surface area (Å²) in [5, 5.41) is 24.1. The molecule has 4 nitrogen and oxygen atoms in total. The van der Waals surface area contributed by atoms with Crippen LogP contribution in [0.15, 0.2) is 22.5 Å². The Bertz CT molecular complexity index is 368. The summed E-state index contributed by atoms with van der Waals surface area (Å²) >= 11 is 0. The Morgan fingerprint density at radius 2 is 2.11 bits per heavy atom. The number of unbranched alkanes of at least 4 members (excludes halogenated alkanes) is 1. The van der Waals surface area contributed by atoms with Crippen LogP contribution in [0.25, 0.3) is 0 Å². The Morgan fingerprint density at radius 1 is 1.37 bits per heavy atom. The van der Waals surface area contributed by atoms with E-state index in [4.69, 9.17) is 16.8 Å². The summed E-state index contributed by atoms with van der Waals surface area (Å²) in [4.78, 5) is 0. The van der Waals surface area contributed by atoms with Gasteiger partial charge in [0.15, 0.2) is 0 Å². The maximum atomic E-state index is 8.88. The molecule has 104 valence electrons. The molecule has 0 saturated carbocycles. The van der Waals surface area contributed by atoms with Gasteiger partial charge in [0.1, 0.15) is 0 Å². The molecule has 2 atom stereocenters. The predicted octanol–water partition coefficient (Wildman–Crippen LogP) is 3.44. The van der Waals surface area contributed by atoms with E-state index in [0.717, 1.165) is 32.1 Å². The molecule has 0 saturated heterocycles. The Labute approximate surface area is 114 Å². The second-order valence-corrected chi connectivity index (χ2v) is 5.10. The third-order valence-corrected chi connectivity index (χ3v) is 3.59. The summed E-state index contributed by atoms with van der Waals surface area (Å²) in [5.74, 6) is 3.03. The lowest BCUT2D eigenvalue weighted by molar-refractivity contribution is 0.297. The van der Waals surface area contributed by atoms with Crippen molar-refractivity contribution in [3.05, 3.63) is 12.2 Å². The SMILES string of the molecule is C#CCCCC(/C=N\O)(/C=N/O)C[C@@H]1C=CCCC1. The van der Waals surface area contributed by atoms with Crippen molar-refractivity contribution in [1.29, 1.82) is 0 Å². The quantitative estimate of drug-likeness (QED) is 0.184. The first-order valence-electron chi connectivity index (χ1n) is 6.73. The van der Waals surface area contributed by atoms with Crippen LogP contribution in [0.3, 0.4) is 0 Å². The van der Waals surface area contributed by atoms with Gasteiger partial charge < -0.3 is 10.4 Å². The van der Waals surface area contributed by atoms with Crippen LogP contribution in [0.2, 0.25) is 0 Å². The van der Waals surface area contributed by atoms with Gasteiger partial charge in [-0.25, -0.2) is 0 Å². The number of rotatable bonds is 7. The minimum atomic E-state index is -0.521. The van der Waals surface area contributed by atoms with Crippen molar-refractivity contribution in [2.75, 3.05) is 0 Å². The molecular formula is C15H22N2O2. The van der Waals surface area contributed by atoms with E-state index in [1.807, 2.05) is 0 Å². The fourth-order valence-corrected chi connectivity index (χ4v) is 2.66. The number of hydrogen-bond acceptors (Lipinski definition) is 4. The molecule has 2 N–H and O–H groups in total. The zero-order chi connectivity index (χ0) is 14.0. The molecule has 0 bridgehead atoms. The van der Waals surface area contributed by atoms with Crippen LogP contribution in [0, 0.1) is 23.7 Å². The van der Waals surface area contributed by atoms with Crippen molar-refractivity contribution in [1.82, 2.24) is 0 Å². The first-order valence-corrected chi connectivity index (χ1v) is 6.73. The lowest BCUT2D eigenvalue weighted by Crippen LogP contribution is -2.28. The average Bonchev–Trinajstić information content (AvgIpc) is 2.41. The molecule has 0 heterocycles. The first-order chi connectivity index (χ1) is 9.26. The summed E-state index contributed by atoms with van der Waals surface area (Å²) in [7, 11) is 0. The highest BCUT2D eigenvalue weighted by atomic mass is 16.4. The summed E-state index contributed by atoms with van der Waals surface area (Å²) in [6.45, 7) is 0. The van der Waals surface area contributed by atoms with E-state index in [1.165, 1.54) is 18.9 Å². The Morgan fingerprint density at radius 3 is 2.63 bits per heavy atom. The van der Waals surface area contributed by atoms with Gasteiger partial charge in [-0.3, -0.25) is 0 Å². The van der Waals surface area contributed by atoms with Gasteiger partial charge in [0.2, 0.25) is 0 Å². The normalized spacial score (nSPS) is 22.6. The van der Waals surface area contributed by atoms with Gasteiger partial charge in [-0.05, 0) is 44.4 Å². The van der Waals surface area contributed by atoms with Crippen molar-refractivity contribution in [2.24, 2.45) is 21.6 Å².